The van der Waals surface area contributed by atoms with Crippen LogP contribution in [0.15, 0.2) is 40.9 Å². The van der Waals surface area contributed by atoms with Crippen LogP contribution in [0, 0.1) is 0 Å². The molecule has 0 bridgehead atoms. The van der Waals surface area contributed by atoms with Crippen molar-refractivity contribution < 1.29 is 28.8 Å². The summed E-state index contributed by atoms with van der Waals surface area (Å²) in [5.74, 6) is -0.0324. The second-order valence-corrected chi connectivity index (χ2v) is 8.08. The number of methoxy groups -OCH3 is 2. The first kappa shape index (κ1) is 25.9. The van der Waals surface area contributed by atoms with Gasteiger partial charge >= 0.3 is 0 Å². The molecule has 2 rings (SSSR count). The van der Waals surface area contributed by atoms with Crippen LogP contribution in [0.1, 0.15) is 34.8 Å². The summed E-state index contributed by atoms with van der Waals surface area (Å²) in [6, 6.07) is 9.14. The third kappa shape index (κ3) is 7.34. The molecule has 0 saturated heterocycles. The first-order valence-electron chi connectivity index (χ1n) is 10.2. The van der Waals surface area contributed by atoms with Crippen LogP contribution in [0.25, 0.3) is 6.08 Å². The van der Waals surface area contributed by atoms with Gasteiger partial charge in [-0.05, 0) is 43.8 Å². The zero-order valence-corrected chi connectivity index (χ0v) is 20.5. The Morgan fingerprint density at radius 2 is 1.81 bits per heavy atom. The molecular formula is C24H30BrNO6. The fourth-order valence-electron chi connectivity index (χ4n) is 3.14. The van der Waals surface area contributed by atoms with Crippen LogP contribution < -0.4 is 9.47 Å². The number of phenols is 1. The number of aromatic hydroxyl groups is 1. The fraction of sp³-hybridized carbons (Fsp3) is 0.375. The number of carbonyl (C=O) groups excluding carboxylic acids is 1. The second-order valence-electron chi connectivity index (χ2n) is 7.17. The van der Waals surface area contributed by atoms with E-state index >= 15 is 0 Å². The van der Waals surface area contributed by atoms with E-state index in [0.29, 0.717) is 17.9 Å². The number of halogens is 1. The second kappa shape index (κ2) is 13.2. The van der Waals surface area contributed by atoms with E-state index in [2.05, 4.69) is 22.9 Å². The molecule has 7 nitrogen and oxygen atoms in total. The highest BCUT2D eigenvalue weighted by atomic mass is 79.9. The molecule has 0 unspecified atom stereocenters. The monoisotopic (exact) mass is 507 g/mol. The lowest BCUT2D eigenvalue weighted by Crippen LogP contribution is -2.20. The smallest absolute Gasteiger partial charge is 0.193 e. The van der Waals surface area contributed by atoms with Crippen molar-refractivity contribution in [2.45, 2.75) is 19.9 Å². The molecule has 0 amide bonds. The van der Waals surface area contributed by atoms with Gasteiger partial charge in [0.05, 0.1) is 5.56 Å². The van der Waals surface area contributed by atoms with Gasteiger partial charge in [-0.2, -0.15) is 0 Å². The van der Waals surface area contributed by atoms with Crippen molar-refractivity contribution in [2.75, 3.05) is 41.4 Å². The molecule has 0 atom stereocenters. The van der Waals surface area contributed by atoms with E-state index in [0.717, 1.165) is 23.0 Å². The predicted octanol–water partition coefficient (Wildman–Crippen LogP) is 4.86. The van der Waals surface area contributed by atoms with Gasteiger partial charge in [0.15, 0.2) is 19.4 Å². The number of nitrogens with zero attached hydrogens (tertiary/aromatic N) is 1. The summed E-state index contributed by atoms with van der Waals surface area (Å²) in [4.78, 5) is 15.2. The van der Waals surface area contributed by atoms with E-state index in [9.17, 15) is 9.90 Å². The SMILES string of the molecule is CCCN(C)Cc1c(OCOC)cc(OCOC)c(C(=O)/C=C/c2cccc(Br)c2)c1O. The van der Waals surface area contributed by atoms with Crippen LogP contribution in [0.5, 0.6) is 17.2 Å². The van der Waals surface area contributed by atoms with Crippen molar-refractivity contribution >= 4 is 27.8 Å². The van der Waals surface area contributed by atoms with E-state index in [1.165, 1.54) is 20.3 Å². The Labute approximate surface area is 197 Å². The summed E-state index contributed by atoms with van der Waals surface area (Å²) in [5, 5.41) is 11.1. The minimum atomic E-state index is -0.397. The van der Waals surface area contributed by atoms with Gasteiger partial charge in [0.1, 0.15) is 22.8 Å². The van der Waals surface area contributed by atoms with E-state index in [4.69, 9.17) is 18.9 Å². The Hall–Kier alpha value is -2.39. The Bertz CT molecular complexity index is 931. The Balaban J connectivity index is 2.52. The highest BCUT2D eigenvalue weighted by molar-refractivity contribution is 9.10. The zero-order chi connectivity index (χ0) is 23.5. The lowest BCUT2D eigenvalue weighted by molar-refractivity contribution is 0.0445. The zero-order valence-electron chi connectivity index (χ0n) is 18.9. The molecule has 0 spiro atoms. The molecule has 2 aromatic carbocycles. The van der Waals surface area contributed by atoms with Gasteiger partial charge in [0, 0.05) is 31.3 Å². The normalized spacial score (nSPS) is 11.3. The maximum absolute atomic E-state index is 13.1. The number of ether oxygens (including phenoxy) is 4. The molecule has 8 heteroatoms. The van der Waals surface area contributed by atoms with Crippen LogP contribution in [0.3, 0.4) is 0 Å². The first-order valence-corrected chi connectivity index (χ1v) is 11.0. The minimum Gasteiger partial charge on any atom is -0.507 e. The van der Waals surface area contributed by atoms with Crippen molar-refractivity contribution in [3.05, 3.63) is 57.6 Å². The molecule has 2 aromatic rings. The maximum atomic E-state index is 13.1. The average Bonchev–Trinajstić information content (AvgIpc) is 2.76. The predicted molar refractivity (Wildman–Crippen MR) is 127 cm³/mol. The van der Waals surface area contributed by atoms with E-state index in [1.54, 1.807) is 12.1 Å². The summed E-state index contributed by atoms with van der Waals surface area (Å²) >= 11 is 3.42. The molecule has 0 aliphatic heterocycles. The standard InChI is InChI=1S/C24H30BrNO6/c1-5-11-26(2)14-19-21(31-15-29-3)13-22(32-16-30-4)23(24(19)28)20(27)10-9-17-7-6-8-18(25)12-17/h6-10,12-13,28H,5,11,14-16H2,1-4H3/b10-9+. The van der Waals surface area contributed by atoms with Crippen molar-refractivity contribution in [3.63, 3.8) is 0 Å². The largest absolute Gasteiger partial charge is 0.507 e. The highest BCUT2D eigenvalue weighted by Crippen LogP contribution is 2.40. The number of benzene rings is 2. The fourth-order valence-corrected chi connectivity index (χ4v) is 3.55. The molecular weight excluding hydrogens is 478 g/mol. The topological polar surface area (TPSA) is 77.5 Å². The number of hydrogen-bond donors (Lipinski definition) is 1. The van der Waals surface area contributed by atoms with Crippen LogP contribution in [0.2, 0.25) is 0 Å². The molecule has 0 fully saturated rings. The Morgan fingerprint density at radius 3 is 2.44 bits per heavy atom. The van der Waals surface area contributed by atoms with Gasteiger partial charge in [-0.3, -0.25) is 4.79 Å². The van der Waals surface area contributed by atoms with E-state index < -0.39 is 5.78 Å². The van der Waals surface area contributed by atoms with Gasteiger partial charge in [-0.1, -0.05) is 41.1 Å². The van der Waals surface area contributed by atoms with Gasteiger partial charge in [-0.15, -0.1) is 0 Å². The molecule has 0 heterocycles. The first-order chi connectivity index (χ1) is 15.4. The van der Waals surface area contributed by atoms with Crippen molar-refractivity contribution in [2.24, 2.45) is 0 Å². The van der Waals surface area contributed by atoms with Gasteiger partial charge in [0.25, 0.3) is 0 Å². The molecule has 0 saturated carbocycles. The van der Waals surface area contributed by atoms with Crippen LogP contribution in [-0.2, 0) is 16.0 Å². The van der Waals surface area contributed by atoms with Gasteiger partial charge < -0.3 is 29.0 Å². The quantitative estimate of drug-likeness (QED) is 0.235. The van der Waals surface area contributed by atoms with Gasteiger partial charge in [-0.25, -0.2) is 0 Å². The Kier molecular flexibility index (Phi) is 10.7. The molecule has 0 aliphatic rings. The molecule has 1 N–H and O–H groups in total. The number of carbonyl (C=O) groups is 1. The lowest BCUT2D eigenvalue weighted by Gasteiger charge is -2.22. The number of ketones is 1. The van der Waals surface area contributed by atoms with Crippen molar-refractivity contribution in [3.8, 4) is 17.2 Å². The molecule has 0 aromatic heterocycles. The van der Waals surface area contributed by atoms with Gasteiger partial charge in [0.2, 0.25) is 0 Å². The van der Waals surface area contributed by atoms with E-state index in [-0.39, 0.29) is 30.6 Å². The third-order valence-electron chi connectivity index (χ3n) is 4.55. The Morgan fingerprint density at radius 1 is 1.12 bits per heavy atom. The molecule has 0 radical (unpaired) electrons. The number of allylic oxidation sites excluding steroid dienone is 1. The lowest BCUT2D eigenvalue weighted by atomic mass is 10.0. The minimum absolute atomic E-state index is 0.0102. The molecule has 32 heavy (non-hydrogen) atoms. The van der Waals surface area contributed by atoms with Crippen LogP contribution in [-0.4, -0.2) is 57.2 Å². The summed E-state index contributed by atoms with van der Waals surface area (Å²) in [5.41, 5.74) is 1.38. The summed E-state index contributed by atoms with van der Waals surface area (Å²) in [6.07, 6.45) is 4.04. The van der Waals surface area contributed by atoms with Crippen LogP contribution >= 0.6 is 15.9 Å². The number of rotatable bonds is 13. The molecule has 0 aliphatic carbocycles. The van der Waals surface area contributed by atoms with Crippen LogP contribution in [0.4, 0.5) is 0 Å². The summed E-state index contributed by atoms with van der Waals surface area (Å²) < 4.78 is 22.2. The number of hydrogen-bond acceptors (Lipinski definition) is 7. The summed E-state index contributed by atoms with van der Waals surface area (Å²) in [6.45, 7) is 3.18. The highest BCUT2D eigenvalue weighted by Gasteiger charge is 2.24. The maximum Gasteiger partial charge on any atom is 0.193 e. The summed E-state index contributed by atoms with van der Waals surface area (Å²) in [7, 11) is 4.92. The molecule has 174 valence electrons. The van der Waals surface area contributed by atoms with E-state index in [1.807, 2.05) is 36.2 Å². The van der Waals surface area contributed by atoms with Crippen molar-refractivity contribution in [1.82, 2.24) is 4.90 Å². The van der Waals surface area contributed by atoms with Crippen molar-refractivity contribution in [1.29, 1.82) is 0 Å². The third-order valence-corrected chi connectivity index (χ3v) is 5.04. The average molecular weight is 508 g/mol. The number of phenolic OH excluding ortho intramolecular Hbond substituents is 1.